The highest BCUT2D eigenvalue weighted by molar-refractivity contribution is 7.10. The zero-order chi connectivity index (χ0) is 17.9. The summed E-state index contributed by atoms with van der Waals surface area (Å²) in [4.78, 5) is 17.9. The van der Waals surface area contributed by atoms with Crippen LogP contribution in [0.4, 0.5) is 5.95 Å². The van der Waals surface area contributed by atoms with Gasteiger partial charge < -0.3 is 9.30 Å². The number of nitrogens with one attached hydrogen (secondary N) is 1. The first-order valence-electron chi connectivity index (χ1n) is 8.43. The van der Waals surface area contributed by atoms with E-state index in [0.29, 0.717) is 24.1 Å². The Morgan fingerprint density at radius 1 is 1.38 bits per heavy atom. The quantitative estimate of drug-likeness (QED) is 0.710. The molecule has 1 aromatic carbocycles. The molecule has 0 bridgehead atoms. The largest absolute Gasteiger partial charge is 0.372 e. The van der Waals surface area contributed by atoms with Crippen molar-refractivity contribution >= 4 is 34.8 Å². The van der Waals surface area contributed by atoms with Crippen molar-refractivity contribution in [1.29, 1.82) is 0 Å². The molecule has 1 aliphatic heterocycles. The molecule has 3 heterocycles. The number of hydrogen-bond donors (Lipinski definition) is 1. The van der Waals surface area contributed by atoms with Gasteiger partial charge in [0.05, 0.1) is 19.6 Å². The molecule has 134 valence electrons. The molecule has 0 aliphatic carbocycles. The van der Waals surface area contributed by atoms with Gasteiger partial charge in [0, 0.05) is 22.3 Å². The Hall–Kier alpha value is -2.15. The van der Waals surface area contributed by atoms with Crippen LogP contribution in [0.3, 0.4) is 0 Å². The predicted octanol–water partition coefficient (Wildman–Crippen LogP) is 4.29. The molecule has 7 heteroatoms. The van der Waals surface area contributed by atoms with Crippen LogP contribution >= 0.6 is 22.9 Å². The van der Waals surface area contributed by atoms with E-state index in [1.54, 1.807) is 17.5 Å². The fraction of sp³-hybridized carbons (Fsp3) is 0.263. The summed E-state index contributed by atoms with van der Waals surface area (Å²) in [6, 6.07) is 9.76. The van der Waals surface area contributed by atoms with Crippen molar-refractivity contribution in [2.75, 3.05) is 11.9 Å². The summed E-state index contributed by atoms with van der Waals surface area (Å²) in [5, 5.41) is 5.64. The van der Waals surface area contributed by atoms with Crippen LogP contribution in [0, 0.1) is 0 Å². The van der Waals surface area contributed by atoms with Gasteiger partial charge in [0.15, 0.2) is 0 Å². The lowest BCUT2D eigenvalue weighted by molar-refractivity contribution is -0.119. The van der Waals surface area contributed by atoms with Gasteiger partial charge in [-0.1, -0.05) is 29.8 Å². The van der Waals surface area contributed by atoms with Crippen molar-refractivity contribution in [3.05, 3.63) is 69.1 Å². The van der Waals surface area contributed by atoms with E-state index in [9.17, 15) is 4.79 Å². The van der Waals surface area contributed by atoms with E-state index < -0.39 is 0 Å². The summed E-state index contributed by atoms with van der Waals surface area (Å²) in [6.07, 6.45) is 4.52. The summed E-state index contributed by atoms with van der Waals surface area (Å²) < 4.78 is 7.67. The first-order chi connectivity index (χ1) is 12.7. The summed E-state index contributed by atoms with van der Waals surface area (Å²) in [5.41, 5.74) is 2.26. The number of ether oxygens (including phenoxy) is 1. The topological polar surface area (TPSA) is 56.1 Å². The van der Waals surface area contributed by atoms with Gasteiger partial charge in [-0.2, -0.15) is 0 Å². The molecule has 2 aromatic heterocycles. The Balaban J connectivity index is 1.43. The molecule has 5 nitrogen and oxygen atoms in total. The lowest BCUT2D eigenvalue weighted by atomic mass is 10.1. The number of imidazole rings is 1. The smallest absolute Gasteiger partial charge is 0.229 e. The Kier molecular flexibility index (Phi) is 5.06. The van der Waals surface area contributed by atoms with Crippen LogP contribution in [0.15, 0.2) is 48.1 Å². The Morgan fingerprint density at radius 2 is 2.27 bits per heavy atom. The van der Waals surface area contributed by atoms with Gasteiger partial charge in [-0.15, -0.1) is 11.3 Å². The molecule has 0 saturated carbocycles. The van der Waals surface area contributed by atoms with Gasteiger partial charge in [0.25, 0.3) is 0 Å². The van der Waals surface area contributed by atoms with Crippen LogP contribution in [-0.4, -0.2) is 22.1 Å². The molecule has 1 amide bonds. The highest BCUT2D eigenvalue weighted by Gasteiger charge is 2.25. The molecule has 26 heavy (non-hydrogen) atoms. The van der Waals surface area contributed by atoms with Crippen molar-refractivity contribution in [2.24, 2.45) is 0 Å². The first kappa shape index (κ1) is 17.3. The van der Waals surface area contributed by atoms with Gasteiger partial charge >= 0.3 is 0 Å². The van der Waals surface area contributed by atoms with E-state index in [4.69, 9.17) is 16.3 Å². The monoisotopic (exact) mass is 387 g/mol. The first-order valence-corrected chi connectivity index (χ1v) is 9.69. The van der Waals surface area contributed by atoms with Crippen LogP contribution in [0.5, 0.6) is 0 Å². The molecule has 1 unspecified atom stereocenters. The fourth-order valence-electron chi connectivity index (χ4n) is 3.09. The molecule has 0 radical (unpaired) electrons. The minimum absolute atomic E-state index is 0.108. The van der Waals surface area contributed by atoms with Gasteiger partial charge in [0.2, 0.25) is 11.9 Å². The van der Waals surface area contributed by atoms with Crippen molar-refractivity contribution < 1.29 is 9.53 Å². The maximum atomic E-state index is 12.5. The van der Waals surface area contributed by atoms with Gasteiger partial charge in [-0.3, -0.25) is 10.1 Å². The molecule has 1 aliphatic rings. The standard InChI is InChI=1S/C19H18ClN3O2S/c20-15-4-2-1-3-14(15)12-23-8-7-21-19(23)22-17(24)11-16-18-13(5-9-25-16)6-10-26-18/h1-4,6-8,10,16H,5,9,11-12H2,(H,21,22,24). The normalized spacial score (nSPS) is 16.3. The number of amides is 1. The van der Waals surface area contributed by atoms with Crippen LogP contribution in [0.2, 0.25) is 5.02 Å². The third-order valence-electron chi connectivity index (χ3n) is 4.40. The van der Waals surface area contributed by atoms with E-state index in [1.807, 2.05) is 35.0 Å². The highest BCUT2D eigenvalue weighted by Crippen LogP contribution is 2.34. The second-order valence-corrected chi connectivity index (χ2v) is 7.50. The molecule has 0 saturated heterocycles. The molecule has 4 rings (SSSR count). The van der Waals surface area contributed by atoms with E-state index in [0.717, 1.165) is 16.9 Å². The number of halogens is 1. The summed E-state index contributed by atoms with van der Waals surface area (Å²) in [6.45, 7) is 1.20. The third kappa shape index (κ3) is 3.67. The number of thiophene rings is 1. The number of nitrogens with zero attached hydrogens (tertiary/aromatic N) is 2. The van der Waals surface area contributed by atoms with E-state index in [-0.39, 0.29) is 18.4 Å². The minimum atomic E-state index is -0.175. The number of aromatic nitrogens is 2. The molecule has 1 N–H and O–H groups in total. The second-order valence-electron chi connectivity index (χ2n) is 6.14. The number of anilines is 1. The Labute approximate surface area is 160 Å². The number of carbonyl (C=O) groups is 1. The number of fused-ring (bicyclic) bond motifs is 1. The van der Waals surface area contributed by atoms with Crippen LogP contribution in [0.1, 0.15) is 28.5 Å². The zero-order valence-corrected chi connectivity index (χ0v) is 15.6. The van der Waals surface area contributed by atoms with Crippen molar-refractivity contribution in [2.45, 2.75) is 25.5 Å². The van der Waals surface area contributed by atoms with Crippen molar-refractivity contribution in [1.82, 2.24) is 9.55 Å². The highest BCUT2D eigenvalue weighted by atomic mass is 35.5. The summed E-state index contributed by atoms with van der Waals surface area (Å²) >= 11 is 7.88. The third-order valence-corrected chi connectivity index (χ3v) is 5.82. The lowest BCUT2D eigenvalue weighted by Crippen LogP contribution is -2.22. The second kappa shape index (κ2) is 7.61. The molecule has 3 aromatic rings. The van der Waals surface area contributed by atoms with Gasteiger partial charge in [0.1, 0.15) is 6.10 Å². The van der Waals surface area contributed by atoms with Gasteiger partial charge in [-0.05, 0) is 35.1 Å². The maximum absolute atomic E-state index is 12.5. The van der Waals surface area contributed by atoms with Crippen molar-refractivity contribution in [3.8, 4) is 0 Å². The van der Waals surface area contributed by atoms with E-state index in [2.05, 4.69) is 21.7 Å². The molecule has 0 spiro atoms. The zero-order valence-electron chi connectivity index (χ0n) is 14.0. The number of carbonyl (C=O) groups excluding carboxylic acids is 1. The maximum Gasteiger partial charge on any atom is 0.229 e. The number of benzene rings is 1. The van der Waals surface area contributed by atoms with Gasteiger partial charge in [-0.25, -0.2) is 4.98 Å². The van der Waals surface area contributed by atoms with Crippen LogP contribution in [0.25, 0.3) is 0 Å². The fourth-order valence-corrected chi connectivity index (χ4v) is 4.29. The van der Waals surface area contributed by atoms with Crippen LogP contribution < -0.4 is 5.32 Å². The predicted molar refractivity (Wildman–Crippen MR) is 103 cm³/mol. The lowest BCUT2D eigenvalue weighted by Gasteiger charge is -2.22. The summed E-state index contributed by atoms with van der Waals surface area (Å²) in [7, 11) is 0. The minimum Gasteiger partial charge on any atom is -0.372 e. The van der Waals surface area contributed by atoms with E-state index in [1.165, 1.54) is 5.56 Å². The van der Waals surface area contributed by atoms with Crippen LogP contribution in [-0.2, 0) is 22.5 Å². The SMILES string of the molecule is O=C(CC1OCCc2ccsc21)Nc1nccn1Cc1ccccc1Cl. The van der Waals surface area contributed by atoms with E-state index >= 15 is 0 Å². The summed E-state index contributed by atoms with van der Waals surface area (Å²) in [5.74, 6) is 0.403. The molecule has 0 fully saturated rings. The number of rotatable bonds is 5. The Morgan fingerprint density at radius 3 is 3.15 bits per heavy atom. The Bertz CT molecular complexity index is 921. The number of hydrogen-bond acceptors (Lipinski definition) is 4. The average molecular weight is 388 g/mol. The molecular formula is C19H18ClN3O2S. The average Bonchev–Trinajstić information content (AvgIpc) is 3.27. The molecule has 1 atom stereocenters. The molecular weight excluding hydrogens is 370 g/mol. The van der Waals surface area contributed by atoms with Crippen molar-refractivity contribution in [3.63, 3.8) is 0 Å².